The smallest absolute Gasteiger partial charge is 0.177 e. The molecule has 78 valence electrons. The number of rotatable bonds is 2. The summed E-state index contributed by atoms with van der Waals surface area (Å²) in [7, 11) is -2.85. The van der Waals surface area contributed by atoms with E-state index >= 15 is 0 Å². The van der Waals surface area contributed by atoms with Crippen LogP contribution >= 0.6 is 0 Å². The van der Waals surface area contributed by atoms with Crippen molar-refractivity contribution in [3.8, 4) is 0 Å². The molecule has 0 aromatic rings. The molecule has 0 spiro atoms. The van der Waals surface area contributed by atoms with E-state index in [0.29, 0.717) is 5.78 Å². The monoisotopic (exact) mass is 224 g/mol. The molecule has 0 saturated carbocycles. The van der Waals surface area contributed by atoms with E-state index in [2.05, 4.69) is 51.4 Å². The molecule has 1 nitrogen and oxygen atoms in total. The second-order valence-corrected chi connectivity index (χ2v) is 16.1. The Morgan fingerprint density at radius 3 is 1.21 bits per heavy atom. The first-order valence-corrected chi connectivity index (χ1v) is 12.1. The van der Waals surface area contributed by atoms with Gasteiger partial charge in [-0.1, -0.05) is 51.4 Å². The Morgan fingerprint density at radius 1 is 0.786 bits per heavy atom. The lowest BCUT2D eigenvalue weighted by molar-refractivity contribution is -0.111. The van der Waals surface area contributed by atoms with Gasteiger partial charge in [0.2, 0.25) is 0 Å². The highest BCUT2D eigenvalue weighted by molar-refractivity contribution is 6.94. The maximum atomic E-state index is 12.1. The highest BCUT2D eigenvalue weighted by Crippen LogP contribution is 2.29. The summed E-state index contributed by atoms with van der Waals surface area (Å²) >= 11 is 0. The second kappa shape index (κ2) is 3.31. The zero-order valence-electron chi connectivity index (χ0n) is 10.1. The molecule has 0 fully saturated rings. The first-order chi connectivity index (χ1) is 6.14. The first kappa shape index (κ1) is 11.7. The predicted molar refractivity (Wildman–Crippen MR) is 67.9 cm³/mol. The zero-order chi connectivity index (χ0) is 11.1. The lowest BCUT2D eigenvalue weighted by Crippen LogP contribution is -2.34. The van der Waals surface area contributed by atoms with Gasteiger partial charge < -0.3 is 0 Å². The van der Waals surface area contributed by atoms with Gasteiger partial charge >= 0.3 is 0 Å². The summed E-state index contributed by atoms with van der Waals surface area (Å²) in [6.45, 7) is 13.4. The number of carbonyl (C=O) groups is 1. The van der Waals surface area contributed by atoms with Crippen molar-refractivity contribution in [1.82, 2.24) is 0 Å². The van der Waals surface area contributed by atoms with Gasteiger partial charge in [0.25, 0.3) is 0 Å². The third-order valence-electron chi connectivity index (χ3n) is 2.52. The van der Waals surface area contributed by atoms with Gasteiger partial charge in [-0.05, 0) is 10.4 Å². The molecule has 14 heavy (non-hydrogen) atoms. The van der Waals surface area contributed by atoms with Gasteiger partial charge in [0.05, 0.1) is 16.1 Å². The van der Waals surface area contributed by atoms with Crippen molar-refractivity contribution in [2.75, 3.05) is 0 Å². The third-order valence-corrected chi connectivity index (χ3v) is 6.54. The maximum Gasteiger partial charge on any atom is 0.177 e. The van der Waals surface area contributed by atoms with Crippen LogP contribution in [-0.2, 0) is 4.79 Å². The van der Waals surface area contributed by atoms with E-state index < -0.39 is 16.1 Å². The number of ketones is 1. The minimum Gasteiger partial charge on any atom is -0.290 e. The van der Waals surface area contributed by atoms with Gasteiger partial charge in [-0.2, -0.15) is 0 Å². The van der Waals surface area contributed by atoms with Crippen LogP contribution in [0.2, 0.25) is 39.3 Å². The van der Waals surface area contributed by atoms with Crippen LogP contribution in [0.15, 0.2) is 22.5 Å². The van der Waals surface area contributed by atoms with Crippen LogP contribution in [0, 0.1) is 0 Å². The molecule has 1 aliphatic carbocycles. The molecular formula is C11H20OSi2. The largest absolute Gasteiger partial charge is 0.290 e. The molecule has 0 atom stereocenters. The lowest BCUT2D eigenvalue weighted by atomic mass is 10.4. The summed E-state index contributed by atoms with van der Waals surface area (Å²) < 4.78 is 0. The summed E-state index contributed by atoms with van der Waals surface area (Å²) in [4.78, 5) is 12.1. The van der Waals surface area contributed by atoms with Crippen molar-refractivity contribution in [3.63, 3.8) is 0 Å². The van der Waals surface area contributed by atoms with Crippen LogP contribution in [0.3, 0.4) is 0 Å². The minimum absolute atomic E-state index is 0.350. The molecule has 0 bridgehead atoms. The van der Waals surface area contributed by atoms with E-state index in [1.54, 1.807) is 0 Å². The van der Waals surface area contributed by atoms with E-state index in [0.717, 1.165) is 10.4 Å². The fourth-order valence-electron chi connectivity index (χ4n) is 1.64. The summed E-state index contributed by atoms with van der Waals surface area (Å²) in [5, 5.41) is 2.21. The van der Waals surface area contributed by atoms with Crippen LogP contribution in [-0.4, -0.2) is 21.9 Å². The van der Waals surface area contributed by atoms with E-state index in [9.17, 15) is 4.79 Å². The summed E-state index contributed by atoms with van der Waals surface area (Å²) in [6.07, 6.45) is 4.14. The zero-order valence-corrected chi connectivity index (χ0v) is 12.1. The maximum absolute atomic E-state index is 12.1. The van der Waals surface area contributed by atoms with E-state index in [-0.39, 0.29) is 0 Å². The van der Waals surface area contributed by atoms with Crippen molar-refractivity contribution in [3.05, 3.63) is 22.5 Å². The number of hydrogen-bond donors (Lipinski definition) is 0. The topological polar surface area (TPSA) is 17.1 Å². The molecule has 0 aromatic heterocycles. The van der Waals surface area contributed by atoms with Crippen molar-refractivity contribution < 1.29 is 4.79 Å². The Labute approximate surface area is 88.9 Å². The number of hydrogen-bond acceptors (Lipinski definition) is 1. The molecule has 0 heterocycles. The van der Waals surface area contributed by atoms with Crippen LogP contribution in [0.5, 0.6) is 0 Å². The Bertz CT molecular complexity index is 292. The molecule has 0 N–H and O–H groups in total. The van der Waals surface area contributed by atoms with Crippen LogP contribution in [0.25, 0.3) is 0 Å². The molecule has 3 heteroatoms. The highest BCUT2D eigenvalue weighted by Gasteiger charge is 2.35. The molecule has 0 radical (unpaired) electrons. The summed E-state index contributed by atoms with van der Waals surface area (Å²) in [5.41, 5.74) is 0. The van der Waals surface area contributed by atoms with Gasteiger partial charge in [0.15, 0.2) is 5.78 Å². The first-order valence-electron chi connectivity index (χ1n) is 5.11. The molecule has 1 rings (SSSR count). The van der Waals surface area contributed by atoms with Crippen molar-refractivity contribution in [1.29, 1.82) is 0 Å². The van der Waals surface area contributed by atoms with E-state index in [4.69, 9.17) is 0 Å². The summed E-state index contributed by atoms with van der Waals surface area (Å²) in [5.74, 6) is 0.350. The Balaban J connectivity index is 2.96. The second-order valence-electron chi connectivity index (χ2n) is 5.99. The Morgan fingerprint density at radius 2 is 1.07 bits per heavy atom. The predicted octanol–water partition coefficient (Wildman–Crippen LogP) is 3.18. The number of Topliss-reactive ketones (excluding diaryl/α,β-unsaturated/α-hetero) is 1. The lowest BCUT2D eigenvalue weighted by Gasteiger charge is -2.21. The summed E-state index contributed by atoms with van der Waals surface area (Å²) in [6, 6.07) is 0. The Hall–Kier alpha value is -0.416. The fraction of sp³-hybridized carbons (Fsp3) is 0.545. The molecular weight excluding hydrogens is 204 g/mol. The molecule has 0 amide bonds. The number of allylic oxidation sites excluding steroid dienone is 4. The van der Waals surface area contributed by atoms with Gasteiger partial charge in [-0.25, -0.2) is 0 Å². The van der Waals surface area contributed by atoms with Crippen LogP contribution < -0.4 is 0 Å². The number of carbonyl (C=O) groups excluding carboxylic acids is 1. The standard InChI is InChI=1S/C11H20OSi2/c1-13(2,3)9-7-8-10(11(9)12)14(4,5)6/h7-8H,1-6H3. The average Bonchev–Trinajstić information content (AvgIpc) is 2.26. The fourth-order valence-corrected chi connectivity index (χ4v) is 4.57. The van der Waals surface area contributed by atoms with Gasteiger partial charge in [0, 0.05) is 0 Å². The third kappa shape index (κ3) is 2.15. The molecule has 0 saturated heterocycles. The van der Waals surface area contributed by atoms with Crippen molar-refractivity contribution in [2.24, 2.45) is 0 Å². The van der Waals surface area contributed by atoms with Gasteiger partial charge in [0.1, 0.15) is 0 Å². The minimum atomic E-state index is -1.43. The van der Waals surface area contributed by atoms with Crippen LogP contribution in [0.4, 0.5) is 0 Å². The highest BCUT2D eigenvalue weighted by atomic mass is 28.3. The molecule has 0 unspecified atom stereocenters. The van der Waals surface area contributed by atoms with Crippen molar-refractivity contribution in [2.45, 2.75) is 39.3 Å². The van der Waals surface area contributed by atoms with E-state index in [1.807, 2.05) is 0 Å². The van der Waals surface area contributed by atoms with E-state index in [1.165, 1.54) is 0 Å². The molecule has 0 aromatic carbocycles. The average molecular weight is 224 g/mol. The van der Waals surface area contributed by atoms with Crippen LogP contribution in [0.1, 0.15) is 0 Å². The molecule has 1 aliphatic rings. The van der Waals surface area contributed by atoms with Gasteiger partial charge in [-0.15, -0.1) is 0 Å². The Kier molecular flexibility index (Phi) is 2.76. The quantitative estimate of drug-likeness (QED) is 0.659. The SMILES string of the molecule is C[Si](C)(C)C1=CC=C([Si](C)(C)C)C1=O. The van der Waals surface area contributed by atoms with Gasteiger partial charge in [-0.3, -0.25) is 4.79 Å². The van der Waals surface area contributed by atoms with Crippen molar-refractivity contribution >= 4 is 21.9 Å². The normalized spacial score (nSPS) is 18.3. The molecule has 0 aliphatic heterocycles.